The molecule has 0 bridgehead atoms. The number of rotatable bonds is 6. The van der Waals surface area contributed by atoms with Crippen molar-refractivity contribution < 1.29 is 19.4 Å². The summed E-state index contributed by atoms with van der Waals surface area (Å²) in [4.78, 5) is 11.5. The molecule has 122 valence electrons. The summed E-state index contributed by atoms with van der Waals surface area (Å²) in [6, 6.07) is 11.5. The summed E-state index contributed by atoms with van der Waals surface area (Å²) in [6.45, 7) is 2.14. The third-order valence-corrected chi connectivity index (χ3v) is 3.73. The Morgan fingerprint density at radius 3 is 2.35 bits per heavy atom. The van der Waals surface area contributed by atoms with Gasteiger partial charge >= 0.3 is 5.97 Å². The fraction of sp³-hybridized carbons (Fsp3) is 0.316. The molecular weight excluding hydrogens is 292 g/mol. The standard InChI is InChI=1S/C19H22O4/c1-4-5-13-6-8-15(9-7-13)16-10-14(12-18(20)23-3)11-17(22-2)19(16)21/h6-11,21H,4-5,12H2,1-3H3. The zero-order valence-electron chi connectivity index (χ0n) is 13.8. The van der Waals surface area contributed by atoms with Crippen LogP contribution in [0, 0.1) is 0 Å². The van der Waals surface area contributed by atoms with Gasteiger partial charge in [0.1, 0.15) is 0 Å². The van der Waals surface area contributed by atoms with Crippen LogP contribution in [0.4, 0.5) is 0 Å². The molecule has 4 heteroatoms. The lowest BCUT2D eigenvalue weighted by Gasteiger charge is -2.12. The largest absolute Gasteiger partial charge is 0.504 e. The van der Waals surface area contributed by atoms with Gasteiger partial charge in [0.05, 0.1) is 20.6 Å². The number of phenolic OH excluding ortho intramolecular Hbond substituents is 1. The molecule has 0 atom stereocenters. The fourth-order valence-corrected chi connectivity index (χ4v) is 2.52. The van der Waals surface area contributed by atoms with Crippen molar-refractivity contribution >= 4 is 5.97 Å². The van der Waals surface area contributed by atoms with Crippen LogP contribution < -0.4 is 4.74 Å². The Morgan fingerprint density at radius 2 is 1.78 bits per heavy atom. The smallest absolute Gasteiger partial charge is 0.309 e. The predicted molar refractivity (Wildman–Crippen MR) is 89.8 cm³/mol. The van der Waals surface area contributed by atoms with E-state index < -0.39 is 0 Å². The number of carbonyl (C=O) groups is 1. The third kappa shape index (κ3) is 4.03. The van der Waals surface area contributed by atoms with Gasteiger partial charge in [-0.3, -0.25) is 4.79 Å². The SMILES string of the molecule is CCCc1ccc(-c2cc(CC(=O)OC)cc(OC)c2O)cc1. The van der Waals surface area contributed by atoms with Crippen molar-refractivity contribution in [3.8, 4) is 22.6 Å². The van der Waals surface area contributed by atoms with Crippen molar-refractivity contribution in [3.05, 3.63) is 47.5 Å². The molecule has 0 aliphatic rings. The van der Waals surface area contributed by atoms with Gasteiger partial charge < -0.3 is 14.6 Å². The average molecular weight is 314 g/mol. The lowest BCUT2D eigenvalue weighted by Crippen LogP contribution is -2.05. The van der Waals surface area contributed by atoms with Crippen LogP contribution in [-0.2, 0) is 22.4 Å². The number of phenols is 1. The van der Waals surface area contributed by atoms with E-state index in [2.05, 4.69) is 19.1 Å². The van der Waals surface area contributed by atoms with E-state index in [1.165, 1.54) is 19.8 Å². The molecule has 0 saturated carbocycles. The summed E-state index contributed by atoms with van der Waals surface area (Å²) < 4.78 is 9.93. The molecule has 2 aromatic carbocycles. The maximum Gasteiger partial charge on any atom is 0.309 e. The first-order chi connectivity index (χ1) is 11.1. The first-order valence-corrected chi connectivity index (χ1v) is 7.65. The van der Waals surface area contributed by atoms with Crippen LogP contribution in [-0.4, -0.2) is 25.3 Å². The van der Waals surface area contributed by atoms with Gasteiger partial charge in [0.15, 0.2) is 11.5 Å². The molecule has 0 unspecified atom stereocenters. The number of benzene rings is 2. The number of esters is 1. The summed E-state index contributed by atoms with van der Waals surface area (Å²) >= 11 is 0. The predicted octanol–water partition coefficient (Wildman–Crippen LogP) is 3.74. The van der Waals surface area contributed by atoms with Gasteiger partial charge in [0, 0.05) is 5.56 Å². The maximum absolute atomic E-state index is 11.5. The highest BCUT2D eigenvalue weighted by molar-refractivity contribution is 5.78. The van der Waals surface area contributed by atoms with Crippen molar-refractivity contribution in [1.29, 1.82) is 0 Å². The topological polar surface area (TPSA) is 55.8 Å². The molecule has 1 N–H and O–H groups in total. The Hall–Kier alpha value is -2.49. The Balaban J connectivity index is 2.43. The Labute approximate surface area is 136 Å². The van der Waals surface area contributed by atoms with Crippen molar-refractivity contribution in [2.75, 3.05) is 14.2 Å². The van der Waals surface area contributed by atoms with Gasteiger partial charge in [-0.05, 0) is 35.2 Å². The number of aryl methyl sites for hydroxylation is 1. The van der Waals surface area contributed by atoms with Gasteiger partial charge in [-0.25, -0.2) is 0 Å². The second-order valence-corrected chi connectivity index (χ2v) is 5.39. The van der Waals surface area contributed by atoms with Crippen molar-refractivity contribution in [1.82, 2.24) is 0 Å². The summed E-state index contributed by atoms with van der Waals surface area (Å²) in [5.41, 5.74) is 3.52. The molecule has 0 fully saturated rings. The number of ether oxygens (including phenoxy) is 2. The number of methoxy groups -OCH3 is 2. The maximum atomic E-state index is 11.5. The van der Waals surface area contributed by atoms with E-state index in [1.807, 2.05) is 12.1 Å². The molecule has 2 aromatic rings. The van der Waals surface area contributed by atoms with Gasteiger partial charge in [0.2, 0.25) is 0 Å². The molecule has 0 saturated heterocycles. The molecule has 2 rings (SSSR count). The normalized spacial score (nSPS) is 10.4. The van der Waals surface area contributed by atoms with Crippen LogP contribution in [0.3, 0.4) is 0 Å². The molecule has 0 aromatic heterocycles. The zero-order chi connectivity index (χ0) is 16.8. The molecule has 4 nitrogen and oxygen atoms in total. The van der Waals surface area contributed by atoms with Crippen LogP contribution in [0.1, 0.15) is 24.5 Å². The highest BCUT2D eigenvalue weighted by Gasteiger charge is 2.14. The third-order valence-electron chi connectivity index (χ3n) is 3.73. The fourth-order valence-electron chi connectivity index (χ4n) is 2.52. The zero-order valence-corrected chi connectivity index (χ0v) is 13.8. The second kappa shape index (κ2) is 7.68. The molecule has 0 aliphatic heterocycles. The first kappa shape index (κ1) is 16.9. The van der Waals surface area contributed by atoms with E-state index >= 15 is 0 Å². The van der Waals surface area contributed by atoms with Crippen LogP contribution in [0.15, 0.2) is 36.4 Å². The van der Waals surface area contributed by atoms with E-state index in [0.29, 0.717) is 11.3 Å². The van der Waals surface area contributed by atoms with Crippen molar-refractivity contribution in [2.45, 2.75) is 26.2 Å². The molecule has 0 radical (unpaired) electrons. The number of aromatic hydroxyl groups is 1. The molecular formula is C19H22O4. The molecule has 23 heavy (non-hydrogen) atoms. The van der Waals surface area contributed by atoms with Gasteiger partial charge in [-0.1, -0.05) is 37.6 Å². The van der Waals surface area contributed by atoms with E-state index in [9.17, 15) is 9.90 Å². The van der Waals surface area contributed by atoms with Crippen molar-refractivity contribution in [3.63, 3.8) is 0 Å². The summed E-state index contributed by atoms with van der Waals surface area (Å²) in [7, 11) is 2.85. The molecule has 0 heterocycles. The Kier molecular flexibility index (Phi) is 5.63. The van der Waals surface area contributed by atoms with Crippen LogP contribution in [0.25, 0.3) is 11.1 Å². The average Bonchev–Trinajstić information content (AvgIpc) is 2.57. The first-order valence-electron chi connectivity index (χ1n) is 7.65. The monoisotopic (exact) mass is 314 g/mol. The summed E-state index contributed by atoms with van der Waals surface area (Å²) in [5.74, 6) is 0.0883. The van der Waals surface area contributed by atoms with Gasteiger partial charge in [0.25, 0.3) is 0 Å². The van der Waals surface area contributed by atoms with E-state index in [1.54, 1.807) is 12.1 Å². The number of hydrogen-bond donors (Lipinski definition) is 1. The highest BCUT2D eigenvalue weighted by Crippen LogP contribution is 2.38. The van der Waals surface area contributed by atoms with Crippen molar-refractivity contribution in [2.24, 2.45) is 0 Å². The van der Waals surface area contributed by atoms with Crippen LogP contribution in [0.5, 0.6) is 11.5 Å². The molecule has 0 spiro atoms. The van der Waals surface area contributed by atoms with Crippen LogP contribution in [0.2, 0.25) is 0 Å². The Bertz CT molecular complexity index is 675. The van der Waals surface area contributed by atoms with Gasteiger partial charge in [-0.15, -0.1) is 0 Å². The lowest BCUT2D eigenvalue weighted by atomic mass is 9.98. The summed E-state index contributed by atoms with van der Waals surface area (Å²) in [6.07, 6.45) is 2.25. The molecule has 0 aliphatic carbocycles. The minimum atomic E-state index is -0.331. The van der Waals surface area contributed by atoms with E-state index in [4.69, 9.17) is 9.47 Å². The van der Waals surface area contributed by atoms with Crippen LogP contribution >= 0.6 is 0 Å². The van der Waals surface area contributed by atoms with E-state index in [-0.39, 0.29) is 18.1 Å². The quantitative estimate of drug-likeness (QED) is 0.825. The lowest BCUT2D eigenvalue weighted by molar-refractivity contribution is -0.139. The highest BCUT2D eigenvalue weighted by atomic mass is 16.5. The molecule has 0 amide bonds. The number of carbonyl (C=O) groups excluding carboxylic acids is 1. The second-order valence-electron chi connectivity index (χ2n) is 5.39. The van der Waals surface area contributed by atoms with Gasteiger partial charge in [-0.2, -0.15) is 0 Å². The minimum Gasteiger partial charge on any atom is -0.504 e. The number of hydrogen-bond acceptors (Lipinski definition) is 4. The Morgan fingerprint density at radius 1 is 1.09 bits per heavy atom. The minimum absolute atomic E-state index is 0.0735. The summed E-state index contributed by atoms with van der Waals surface area (Å²) in [5, 5.41) is 10.4. The van der Waals surface area contributed by atoms with E-state index in [0.717, 1.165) is 24.0 Å².